The molecule has 0 atom stereocenters. The van der Waals surface area contributed by atoms with Gasteiger partial charge in [-0.05, 0) is 53.7 Å². The van der Waals surface area contributed by atoms with Crippen LogP contribution in [0.1, 0.15) is 5.56 Å². The fourth-order valence-corrected chi connectivity index (χ4v) is 3.63. The van der Waals surface area contributed by atoms with Crippen molar-refractivity contribution in [2.24, 2.45) is 0 Å². The normalized spacial score (nSPS) is 17.7. The third-order valence-corrected chi connectivity index (χ3v) is 5.11. The van der Waals surface area contributed by atoms with Gasteiger partial charge in [-0.25, -0.2) is 4.90 Å². The number of hydrogen-bond acceptors (Lipinski definition) is 5. The van der Waals surface area contributed by atoms with Crippen molar-refractivity contribution in [2.45, 2.75) is 0 Å². The molecule has 0 N–H and O–H groups in total. The minimum Gasteiger partial charge on any atom is -0.454 e. The fraction of sp³-hybridized carbons (Fsp3) is 0.0588. The van der Waals surface area contributed by atoms with Gasteiger partial charge in [-0.3, -0.25) is 9.59 Å². The Hall–Kier alpha value is -2.15. The molecule has 0 radical (unpaired) electrons. The number of hydrogen-bond donors (Lipinski definition) is 0. The van der Waals surface area contributed by atoms with Crippen LogP contribution < -0.4 is 14.4 Å². The van der Waals surface area contributed by atoms with Crippen LogP contribution in [0.15, 0.2) is 41.3 Å². The van der Waals surface area contributed by atoms with Crippen LogP contribution in [0.25, 0.3) is 6.08 Å². The molecule has 0 aliphatic carbocycles. The first kappa shape index (κ1) is 16.3. The average molecular weight is 394 g/mol. The van der Waals surface area contributed by atoms with Crippen LogP contribution in [0.4, 0.5) is 10.5 Å². The second kappa shape index (κ2) is 6.29. The lowest BCUT2D eigenvalue weighted by molar-refractivity contribution is -0.113. The van der Waals surface area contributed by atoms with E-state index in [0.717, 1.165) is 16.7 Å². The number of anilines is 1. The first-order valence-electron chi connectivity index (χ1n) is 7.15. The van der Waals surface area contributed by atoms with Crippen molar-refractivity contribution in [1.29, 1.82) is 0 Å². The van der Waals surface area contributed by atoms with E-state index in [1.807, 2.05) is 0 Å². The molecule has 0 aromatic heterocycles. The number of carbonyl (C=O) groups excluding carboxylic acids is 2. The lowest BCUT2D eigenvalue weighted by Gasteiger charge is -2.12. The zero-order chi connectivity index (χ0) is 17.6. The maximum absolute atomic E-state index is 12.6. The van der Waals surface area contributed by atoms with Gasteiger partial charge < -0.3 is 9.47 Å². The highest BCUT2D eigenvalue weighted by molar-refractivity contribution is 8.19. The zero-order valence-electron chi connectivity index (χ0n) is 12.5. The number of halogens is 2. The molecular weight excluding hydrogens is 385 g/mol. The van der Waals surface area contributed by atoms with Gasteiger partial charge in [0.15, 0.2) is 11.5 Å². The molecule has 0 bridgehead atoms. The van der Waals surface area contributed by atoms with Crippen molar-refractivity contribution < 1.29 is 19.1 Å². The molecule has 5 nitrogen and oxygen atoms in total. The Kier molecular flexibility index (Phi) is 4.11. The second-order valence-electron chi connectivity index (χ2n) is 5.22. The van der Waals surface area contributed by atoms with Gasteiger partial charge in [0.2, 0.25) is 6.79 Å². The van der Waals surface area contributed by atoms with Gasteiger partial charge in [0, 0.05) is 11.1 Å². The molecule has 8 heteroatoms. The minimum atomic E-state index is -0.411. The van der Waals surface area contributed by atoms with Gasteiger partial charge in [0.1, 0.15) is 0 Å². The van der Waals surface area contributed by atoms with Crippen LogP contribution in [-0.4, -0.2) is 17.9 Å². The van der Waals surface area contributed by atoms with E-state index in [-0.39, 0.29) is 16.9 Å². The summed E-state index contributed by atoms with van der Waals surface area (Å²) in [6, 6.07) is 9.79. The molecule has 0 saturated carbocycles. The van der Waals surface area contributed by atoms with Gasteiger partial charge in [-0.15, -0.1) is 0 Å². The first-order chi connectivity index (χ1) is 12.0. The number of benzene rings is 2. The summed E-state index contributed by atoms with van der Waals surface area (Å²) in [7, 11) is 0. The van der Waals surface area contributed by atoms with Crippen molar-refractivity contribution in [2.75, 3.05) is 11.7 Å². The summed E-state index contributed by atoms with van der Waals surface area (Å²) in [6.45, 7) is 0.127. The van der Waals surface area contributed by atoms with Crippen LogP contribution in [0.5, 0.6) is 11.5 Å². The van der Waals surface area contributed by atoms with E-state index < -0.39 is 5.91 Å². The number of fused-ring (bicyclic) bond motifs is 1. The summed E-state index contributed by atoms with van der Waals surface area (Å²) in [6.07, 6.45) is 1.57. The van der Waals surface area contributed by atoms with Gasteiger partial charge in [0.25, 0.3) is 11.1 Å². The number of rotatable bonds is 2. The number of imide groups is 1. The molecule has 2 aromatic rings. The van der Waals surface area contributed by atoms with E-state index in [1.54, 1.807) is 42.5 Å². The Labute approximate surface area is 157 Å². The molecule has 0 unspecified atom stereocenters. The summed E-state index contributed by atoms with van der Waals surface area (Å²) in [5.74, 6) is 0.690. The predicted octanol–water partition coefficient (Wildman–Crippen LogP) is 4.96. The third kappa shape index (κ3) is 2.97. The molecule has 0 spiro atoms. The van der Waals surface area contributed by atoms with E-state index in [4.69, 9.17) is 32.7 Å². The minimum absolute atomic E-state index is 0.127. The largest absolute Gasteiger partial charge is 0.454 e. The van der Waals surface area contributed by atoms with Gasteiger partial charge in [0.05, 0.1) is 15.6 Å². The van der Waals surface area contributed by atoms with Crippen LogP contribution in [0, 0.1) is 0 Å². The van der Waals surface area contributed by atoms with Crippen LogP contribution in [0.3, 0.4) is 0 Å². The standard InChI is InChI=1S/C17H9Cl2NO4S/c18-10-1-3-11(4-2-10)20-16(21)15(25-17(20)22)6-9-5-13-14(7-12(9)19)24-8-23-13/h1-7H,8H2. The highest BCUT2D eigenvalue weighted by atomic mass is 35.5. The van der Waals surface area contributed by atoms with Gasteiger partial charge in [-0.1, -0.05) is 23.2 Å². The van der Waals surface area contributed by atoms with E-state index in [9.17, 15) is 9.59 Å². The monoisotopic (exact) mass is 393 g/mol. The molecule has 4 rings (SSSR count). The Balaban J connectivity index is 1.68. The third-order valence-electron chi connectivity index (χ3n) is 3.66. The van der Waals surface area contributed by atoms with Gasteiger partial charge in [-0.2, -0.15) is 0 Å². The van der Waals surface area contributed by atoms with Crippen molar-refractivity contribution in [3.05, 3.63) is 56.9 Å². The van der Waals surface area contributed by atoms with Crippen molar-refractivity contribution in [3.63, 3.8) is 0 Å². The molecule has 2 aromatic carbocycles. The molecule has 1 fully saturated rings. The fourth-order valence-electron chi connectivity index (χ4n) is 2.47. The van der Waals surface area contributed by atoms with Crippen molar-refractivity contribution in [3.8, 4) is 11.5 Å². The molecule has 126 valence electrons. The topological polar surface area (TPSA) is 55.8 Å². The Morgan fingerprint density at radius 3 is 2.44 bits per heavy atom. The molecular formula is C17H9Cl2NO4S. The average Bonchev–Trinajstić information content (AvgIpc) is 3.13. The first-order valence-corrected chi connectivity index (χ1v) is 8.73. The number of carbonyl (C=O) groups is 2. The Morgan fingerprint density at radius 2 is 1.72 bits per heavy atom. The SMILES string of the molecule is O=C1SC(=Cc2cc3c(cc2Cl)OCO3)C(=O)N1c1ccc(Cl)cc1. The number of nitrogens with zero attached hydrogens (tertiary/aromatic N) is 1. The van der Waals surface area contributed by atoms with E-state index >= 15 is 0 Å². The second-order valence-corrected chi connectivity index (χ2v) is 7.06. The molecule has 2 amide bonds. The van der Waals surface area contributed by atoms with E-state index in [0.29, 0.717) is 32.8 Å². The van der Waals surface area contributed by atoms with E-state index in [2.05, 4.69) is 0 Å². The molecule has 2 heterocycles. The molecule has 2 aliphatic rings. The van der Waals surface area contributed by atoms with Crippen molar-refractivity contribution >= 4 is 57.9 Å². The van der Waals surface area contributed by atoms with Crippen LogP contribution in [-0.2, 0) is 4.79 Å². The molecule has 2 aliphatic heterocycles. The summed E-state index contributed by atoms with van der Waals surface area (Å²) in [5, 5.41) is 0.552. The highest BCUT2D eigenvalue weighted by Crippen LogP contribution is 2.40. The highest BCUT2D eigenvalue weighted by Gasteiger charge is 2.36. The maximum atomic E-state index is 12.6. The molecule has 1 saturated heterocycles. The number of amides is 2. The number of thioether (sulfide) groups is 1. The lowest BCUT2D eigenvalue weighted by atomic mass is 10.1. The summed E-state index contributed by atoms with van der Waals surface area (Å²) in [5.41, 5.74) is 1.04. The summed E-state index contributed by atoms with van der Waals surface area (Å²) >= 11 is 12.9. The van der Waals surface area contributed by atoms with Crippen LogP contribution in [0.2, 0.25) is 10.0 Å². The predicted molar refractivity (Wildman–Crippen MR) is 97.5 cm³/mol. The van der Waals surface area contributed by atoms with Gasteiger partial charge >= 0.3 is 0 Å². The van der Waals surface area contributed by atoms with Crippen molar-refractivity contribution in [1.82, 2.24) is 0 Å². The number of ether oxygens (including phenoxy) is 2. The smallest absolute Gasteiger partial charge is 0.298 e. The Morgan fingerprint density at radius 1 is 1.04 bits per heavy atom. The summed E-state index contributed by atoms with van der Waals surface area (Å²) in [4.78, 5) is 26.3. The zero-order valence-corrected chi connectivity index (χ0v) is 14.8. The Bertz CT molecular complexity index is 927. The van der Waals surface area contributed by atoms with Crippen LogP contribution >= 0.6 is 35.0 Å². The maximum Gasteiger partial charge on any atom is 0.298 e. The lowest BCUT2D eigenvalue weighted by Crippen LogP contribution is -2.27. The summed E-state index contributed by atoms with van der Waals surface area (Å²) < 4.78 is 10.6. The molecule has 25 heavy (non-hydrogen) atoms. The quantitative estimate of drug-likeness (QED) is 0.674. The van der Waals surface area contributed by atoms with E-state index in [1.165, 1.54) is 0 Å².